The lowest BCUT2D eigenvalue weighted by Crippen LogP contribution is -2.50. The topological polar surface area (TPSA) is 87.9 Å². The Labute approximate surface area is 116 Å². The molecule has 0 saturated carbocycles. The van der Waals surface area contributed by atoms with Crippen molar-refractivity contribution in [3.8, 4) is 0 Å². The molecule has 1 N–H and O–H groups in total. The number of methoxy groups -OCH3 is 1. The Balaban J connectivity index is 1.75. The molecule has 0 aromatic carbocycles. The number of carbonyl (C=O) groups is 2. The standard InChI is InChI=1S/C12H18N4O4/c1-9-7-10(14-20-9)13-11(17)8-15-3-5-16(6-4-15)12(18)19-2/h7H,3-6,8H2,1-2H3,(H,13,14,17). The summed E-state index contributed by atoms with van der Waals surface area (Å²) in [7, 11) is 1.36. The molecule has 110 valence electrons. The first-order chi connectivity index (χ1) is 9.58. The van der Waals surface area contributed by atoms with Crippen LogP contribution < -0.4 is 5.32 Å². The van der Waals surface area contributed by atoms with Crippen LogP contribution in [-0.4, -0.2) is 66.8 Å². The van der Waals surface area contributed by atoms with Crippen LogP contribution in [0, 0.1) is 6.92 Å². The lowest BCUT2D eigenvalue weighted by Gasteiger charge is -2.33. The van der Waals surface area contributed by atoms with Gasteiger partial charge in [0, 0.05) is 32.2 Å². The molecular weight excluding hydrogens is 264 g/mol. The predicted molar refractivity (Wildman–Crippen MR) is 70.3 cm³/mol. The van der Waals surface area contributed by atoms with Gasteiger partial charge in [0.2, 0.25) is 5.91 Å². The third-order valence-electron chi connectivity index (χ3n) is 3.07. The van der Waals surface area contributed by atoms with Crippen molar-refractivity contribution in [3.63, 3.8) is 0 Å². The van der Waals surface area contributed by atoms with Crippen molar-refractivity contribution in [2.75, 3.05) is 45.2 Å². The summed E-state index contributed by atoms with van der Waals surface area (Å²) in [6.07, 6.45) is -0.327. The number of piperazine rings is 1. The fraction of sp³-hybridized carbons (Fsp3) is 0.583. The van der Waals surface area contributed by atoms with E-state index in [1.807, 2.05) is 4.90 Å². The SMILES string of the molecule is COC(=O)N1CCN(CC(=O)Nc2cc(C)on2)CC1. The van der Waals surface area contributed by atoms with Crippen LogP contribution in [0.3, 0.4) is 0 Å². The second-order valence-electron chi connectivity index (χ2n) is 4.60. The summed E-state index contributed by atoms with van der Waals surface area (Å²) in [6.45, 7) is 4.42. The molecule has 2 rings (SSSR count). The number of ether oxygens (including phenoxy) is 1. The number of hydrogen-bond acceptors (Lipinski definition) is 6. The fourth-order valence-corrected chi connectivity index (χ4v) is 2.03. The molecule has 1 aromatic rings. The summed E-state index contributed by atoms with van der Waals surface area (Å²) < 4.78 is 9.53. The summed E-state index contributed by atoms with van der Waals surface area (Å²) in [5.74, 6) is 0.914. The molecule has 1 fully saturated rings. The quantitative estimate of drug-likeness (QED) is 0.858. The molecule has 0 aliphatic carbocycles. The van der Waals surface area contributed by atoms with Crippen molar-refractivity contribution in [2.45, 2.75) is 6.92 Å². The summed E-state index contributed by atoms with van der Waals surface area (Å²) in [5.41, 5.74) is 0. The molecule has 0 unspecified atom stereocenters. The molecule has 0 bridgehead atoms. The number of rotatable bonds is 3. The fourth-order valence-electron chi connectivity index (χ4n) is 2.03. The first-order valence-electron chi connectivity index (χ1n) is 6.37. The molecule has 1 aliphatic rings. The van der Waals surface area contributed by atoms with E-state index in [1.54, 1.807) is 17.9 Å². The summed E-state index contributed by atoms with van der Waals surface area (Å²) in [6, 6.07) is 1.66. The highest BCUT2D eigenvalue weighted by molar-refractivity contribution is 5.91. The zero-order chi connectivity index (χ0) is 14.5. The Morgan fingerprint density at radius 3 is 2.65 bits per heavy atom. The summed E-state index contributed by atoms with van der Waals surface area (Å²) in [5, 5.41) is 6.36. The zero-order valence-electron chi connectivity index (χ0n) is 11.6. The van der Waals surface area contributed by atoms with Crippen molar-refractivity contribution < 1.29 is 18.8 Å². The largest absolute Gasteiger partial charge is 0.453 e. The van der Waals surface area contributed by atoms with Gasteiger partial charge in [0.1, 0.15) is 5.76 Å². The van der Waals surface area contributed by atoms with Gasteiger partial charge in [-0.25, -0.2) is 4.79 Å². The normalized spacial score (nSPS) is 16.0. The number of aryl methyl sites for hydroxylation is 1. The van der Waals surface area contributed by atoms with Crippen molar-refractivity contribution in [2.24, 2.45) is 0 Å². The van der Waals surface area contributed by atoms with Gasteiger partial charge in [-0.15, -0.1) is 0 Å². The molecule has 0 atom stereocenters. The van der Waals surface area contributed by atoms with Crippen LogP contribution in [0.4, 0.5) is 10.6 Å². The smallest absolute Gasteiger partial charge is 0.409 e. The van der Waals surface area contributed by atoms with Crippen molar-refractivity contribution >= 4 is 17.8 Å². The maximum atomic E-state index is 11.8. The number of hydrogen-bond donors (Lipinski definition) is 1. The van der Waals surface area contributed by atoms with E-state index in [1.165, 1.54) is 7.11 Å². The molecule has 8 nitrogen and oxygen atoms in total. The molecule has 8 heteroatoms. The van der Waals surface area contributed by atoms with Gasteiger partial charge in [0.05, 0.1) is 13.7 Å². The van der Waals surface area contributed by atoms with E-state index in [9.17, 15) is 9.59 Å². The molecular formula is C12H18N4O4. The summed E-state index contributed by atoms with van der Waals surface area (Å²) in [4.78, 5) is 26.7. The molecule has 0 spiro atoms. The Kier molecular flexibility index (Phi) is 4.57. The molecule has 20 heavy (non-hydrogen) atoms. The van der Waals surface area contributed by atoms with E-state index in [2.05, 4.69) is 15.2 Å². The first kappa shape index (κ1) is 14.3. The number of carbonyl (C=O) groups excluding carboxylic acids is 2. The van der Waals surface area contributed by atoms with Gasteiger partial charge in [0.15, 0.2) is 5.82 Å². The average Bonchev–Trinajstić information content (AvgIpc) is 2.84. The van der Waals surface area contributed by atoms with Crippen molar-refractivity contribution in [1.29, 1.82) is 0 Å². The van der Waals surface area contributed by atoms with E-state index >= 15 is 0 Å². The van der Waals surface area contributed by atoms with Crippen LogP contribution >= 0.6 is 0 Å². The zero-order valence-corrected chi connectivity index (χ0v) is 11.6. The Hall–Kier alpha value is -2.09. The highest BCUT2D eigenvalue weighted by atomic mass is 16.5. The van der Waals surface area contributed by atoms with Gasteiger partial charge in [0.25, 0.3) is 0 Å². The van der Waals surface area contributed by atoms with E-state index in [4.69, 9.17) is 4.52 Å². The highest BCUT2D eigenvalue weighted by Gasteiger charge is 2.22. The number of amides is 2. The second kappa shape index (κ2) is 6.38. The minimum Gasteiger partial charge on any atom is -0.453 e. The summed E-state index contributed by atoms with van der Waals surface area (Å²) >= 11 is 0. The first-order valence-corrected chi connectivity index (χ1v) is 6.37. The van der Waals surface area contributed by atoms with Gasteiger partial charge < -0.3 is 19.5 Å². The second-order valence-corrected chi connectivity index (χ2v) is 4.60. The van der Waals surface area contributed by atoms with Crippen molar-refractivity contribution in [3.05, 3.63) is 11.8 Å². The van der Waals surface area contributed by atoms with E-state index in [0.29, 0.717) is 37.8 Å². The van der Waals surface area contributed by atoms with Gasteiger partial charge in [-0.3, -0.25) is 9.69 Å². The van der Waals surface area contributed by atoms with Crippen molar-refractivity contribution in [1.82, 2.24) is 15.0 Å². The Morgan fingerprint density at radius 2 is 2.10 bits per heavy atom. The third kappa shape index (κ3) is 3.70. The van der Waals surface area contributed by atoms with Gasteiger partial charge in [-0.1, -0.05) is 5.16 Å². The Bertz CT molecular complexity index is 480. The van der Waals surface area contributed by atoms with E-state index in [0.717, 1.165) is 0 Å². The third-order valence-corrected chi connectivity index (χ3v) is 3.07. The number of anilines is 1. The molecule has 2 heterocycles. The molecule has 1 aromatic heterocycles. The van der Waals surface area contributed by atoms with Gasteiger partial charge in [-0.05, 0) is 6.92 Å². The van der Waals surface area contributed by atoms with Gasteiger partial charge in [-0.2, -0.15) is 0 Å². The number of aromatic nitrogens is 1. The lowest BCUT2D eigenvalue weighted by molar-refractivity contribution is -0.117. The maximum absolute atomic E-state index is 11.8. The highest BCUT2D eigenvalue weighted by Crippen LogP contribution is 2.08. The molecule has 0 radical (unpaired) electrons. The predicted octanol–water partition coefficient (Wildman–Crippen LogP) is 0.306. The van der Waals surface area contributed by atoms with E-state index in [-0.39, 0.29) is 18.5 Å². The van der Waals surface area contributed by atoms with Crippen LogP contribution in [0.15, 0.2) is 10.6 Å². The Morgan fingerprint density at radius 1 is 1.40 bits per heavy atom. The van der Waals surface area contributed by atoms with E-state index < -0.39 is 0 Å². The van der Waals surface area contributed by atoms with Crippen LogP contribution in [0.2, 0.25) is 0 Å². The minimum absolute atomic E-state index is 0.148. The lowest BCUT2D eigenvalue weighted by atomic mass is 10.3. The monoisotopic (exact) mass is 282 g/mol. The van der Waals surface area contributed by atoms with Crippen LogP contribution in [-0.2, 0) is 9.53 Å². The average molecular weight is 282 g/mol. The maximum Gasteiger partial charge on any atom is 0.409 e. The molecule has 2 amide bonds. The van der Waals surface area contributed by atoms with Crippen LogP contribution in [0.5, 0.6) is 0 Å². The van der Waals surface area contributed by atoms with Crippen LogP contribution in [0.1, 0.15) is 5.76 Å². The number of nitrogens with zero attached hydrogens (tertiary/aromatic N) is 3. The minimum atomic E-state index is -0.327. The molecule has 1 aliphatic heterocycles. The number of nitrogens with one attached hydrogen (secondary N) is 1. The molecule has 1 saturated heterocycles. The van der Waals surface area contributed by atoms with Gasteiger partial charge >= 0.3 is 6.09 Å². The van der Waals surface area contributed by atoms with Crippen LogP contribution in [0.25, 0.3) is 0 Å².